The molecule has 170 valence electrons. The molecule has 2 heterocycles. The molecule has 1 aliphatic rings. The van der Waals surface area contributed by atoms with Crippen LogP contribution >= 0.6 is 0 Å². The Kier molecular flexibility index (Phi) is 6.83. The molecule has 3 aromatic rings. The average molecular weight is 461 g/mol. The first-order valence-corrected chi connectivity index (χ1v) is 12.2. The van der Waals surface area contributed by atoms with E-state index in [0.29, 0.717) is 41.7 Å². The highest BCUT2D eigenvalue weighted by Gasteiger charge is 2.17. The molecular formula is C22H25FN4O4S. The number of aromatic nitrogens is 2. The minimum atomic E-state index is -3.72. The molecule has 1 aliphatic heterocycles. The number of rotatable bonds is 8. The fourth-order valence-corrected chi connectivity index (χ4v) is 4.93. The molecule has 0 atom stereocenters. The van der Waals surface area contributed by atoms with E-state index in [1.165, 1.54) is 18.2 Å². The third kappa shape index (κ3) is 5.32. The summed E-state index contributed by atoms with van der Waals surface area (Å²) in [6, 6.07) is 11.0. The summed E-state index contributed by atoms with van der Waals surface area (Å²) in [6.07, 6.45) is 1.21. The molecule has 0 aliphatic carbocycles. The Morgan fingerprint density at radius 1 is 1.09 bits per heavy atom. The molecule has 8 nitrogen and oxygen atoms in total. The highest BCUT2D eigenvalue weighted by molar-refractivity contribution is 7.92. The molecule has 32 heavy (non-hydrogen) atoms. The number of sulfonamides is 1. The number of aromatic amines is 1. The van der Waals surface area contributed by atoms with Crippen molar-refractivity contribution in [1.82, 2.24) is 15.1 Å². The maximum atomic E-state index is 14.4. The summed E-state index contributed by atoms with van der Waals surface area (Å²) in [6.45, 7) is 3.93. The van der Waals surface area contributed by atoms with Gasteiger partial charge in [0.2, 0.25) is 10.0 Å². The van der Waals surface area contributed by atoms with Crippen LogP contribution in [0.2, 0.25) is 0 Å². The van der Waals surface area contributed by atoms with Crippen LogP contribution in [-0.4, -0.2) is 62.1 Å². The number of anilines is 1. The van der Waals surface area contributed by atoms with Gasteiger partial charge in [0.05, 0.1) is 35.7 Å². The second-order valence-electron chi connectivity index (χ2n) is 7.72. The van der Waals surface area contributed by atoms with Crippen molar-refractivity contribution in [3.63, 3.8) is 0 Å². The van der Waals surface area contributed by atoms with E-state index < -0.39 is 15.8 Å². The van der Waals surface area contributed by atoms with E-state index in [1.807, 2.05) is 0 Å². The van der Waals surface area contributed by atoms with E-state index in [-0.39, 0.29) is 17.0 Å². The molecule has 0 unspecified atom stereocenters. The third-order valence-electron chi connectivity index (χ3n) is 5.44. The van der Waals surface area contributed by atoms with Crippen molar-refractivity contribution in [3.8, 4) is 11.3 Å². The number of H-pyrrole nitrogens is 1. The van der Waals surface area contributed by atoms with Crippen molar-refractivity contribution >= 4 is 26.5 Å². The maximum absolute atomic E-state index is 14.4. The zero-order valence-electron chi connectivity index (χ0n) is 17.5. The van der Waals surface area contributed by atoms with E-state index in [4.69, 9.17) is 4.74 Å². The number of halogens is 1. The molecular weight excluding hydrogens is 435 g/mol. The van der Waals surface area contributed by atoms with Crippen LogP contribution < -0.4 is 10.3 Å². The second-order valence-corrected chi connectivity index (χ2v) is 9.57. The van der Waals surface area contributed by atoms with Crippen molar-refractivity contribution in [2.24, 2.45) is 0 Å². The minimum Gasteiger partial charge on any atom is -0.379 e. The van der Waals surface area contributed by atoms with Gasteiger partial charge in [0.25, 0.3) is 5.56 Å². The first-order chi connectivity index (χ1) is 15.4. The number of benzene rings is 2. The van der Waals surface area contributed by atoms with Gasteiger partial charge in [-0.2, -0.15) is 5.10 Å². The molecule has 0 bridgehead atoms. The number of hydrogen-bond donors (Lipinski definition) is 2. The number of unbranched alkanes of at least 4 members (excludes halogenated alkanes) is 1. The van der Waals surface area contributed by atoms with Gasteiger partial charge in [0.1, 0.15) is 5.82 Å². The Balaban J connectivity index is 1.47. The summed E-state index contributed by atoms with van der Waals surface area (Å²) in [5.41, 5.74) is 0.451. The topological polar surface area (TPSA) is 104 Å². The third-order valence-corrected chi connectivity index (χ3v) is 6.80. The number of fused-ring (bicyclic) bond motifs is 1. The smallest absolute Gasteiger partial charge is 0.272 e. The van der Waals surface area contributed by atoms with Crippen molar-refractivity contribution in [3.05, 3.63) is 58.6 Å². The summed E-state index contributed by atoms with van der Waals surface area (Å²) in [5.74, 6) is -0.778. The Labute approximate surface area is 185 Å². The van der Waals surface area contributed by atoms with Crippen LogP contribution in [0.15, 0.2) is 47.3 Å². The van der Waals surface area contributed by atoms with E-state index >= 15 is 0 Å². The quantitative estimate of drug-likeness (QED) is 0.501. The zero-order chi connectivity index (χ0) is 22.6. The van der Waals surface area contributed by atoms with Crippen LogP contribution in [0.5, 0.6) is 0 Å². The molecule has 0 saturated carbocycles. The summed E-state index contributed by atoms with van der Waals surface area (Å²) in [4.78, 5) is 14.3. The normalized spacial score (nSPS) is 15.2. The van der Waals surface area contributed by atoms with Gasteiger partial charge in [-0.15, -0.1) is 0 Å². The maximum Gasteiger partial charge on any atom is 0.272 e. The van der Waals surface area contributed by atoms with Crippen LogP contribution in [0.3, 0.4) is 0 Å². The monoisotopic (exact) mass is 460 g/mol. The zero-order valence-corrected chi connectivity index (χ0v) is 18.3. The van der Waals surface area contributed by atoms with E-state index in [1.54, 1.807) is 24.3 Å². The number of nitrogens with one attached hydrogen (secondary N) is 2. The van der Waals surface area contributed by atoms with Gasteiger partial charge < -0.3 is 4.74 Å². The van der Waals surface area contributed by atoms with Gasteiger partial charge in [0.15, 0.2) is 0 Å². The molecule has 0 amide bonds. The van der Waals surface area contributed by atoms with Gasteiger partial charge in [-0.05, 0) is 43.7 Å². The van der Waals surface area contributed by atoms with Gasteiger partial charge in [-0.3, -0.25) is 14.4 Å². The highest BCUT2D eigenvalue weighted by atomic mass is 32.2. The second kappa shape index (κ2) is 9.76. The number of ether oxygens (including phenoxy) is 1. The highest BCUT2D eigenvalue weighted by Crippen LogP contribution is 2.28. The Hall–Kier alpha value is -2.82. The molecule has 0 spiro atoms. The Morgan fingerprint density at radius 2 is 1.84 bits per heavy atom. The van der Waals surface area contributed by atoms with Crippen LogP contribution in [0, 0.1) is 5.82 Å². The van der Waals surface area contributed by atoms with E-state index in [9.17, 15) is 17.6 Å². The Morgan fingerprint density at radius 3 is 2.62 bits per heavy atom. The minimum absolute atomic E-state index is 0.0964. The van der Waals surface area contributed by atoms with Crippen LogP contribution in [0.25, 0.3) is 22.0 Å². The summed E-state index contributed by atoms with van der Waals surface area (Å²) in [7, 11) is -3.72. The lowest BCUT2D eigenvalue weighted by Gasteiger charge is -2.26. The summed E-state index contributed by atoms with van der Waals surface area (Å²) in [5, 5.41) is 7.58. The van der Waals surface area contributed by atoms with E-state index in [0.717, 1.165) is 26.1 Å². The molecule has 0 radical (unpaired) electrons. The van der Waals surface area contributed by atoms with Crippen LogP contribution in [0.4, 0.5) is 10.1 Å². The van der Waals surface area contributed by atoms with Crippen molar-refractivity contribution in [2.75, 3.05) is 43.3 Å². The number of nitrogens with zero attached hydrogens (tertiary/aromatic N) is 2. The molecule has 2 N–H and O–H groups in total. The first-order valence-electron chi connectivity index (χ1n) is 10.5. The molecule has 1 fully saturated rings. The SMILES string of the molecule is O=c1[nH]nc(-c2ccc(F)c(NS(=O)(=O)CCCCN3CCOCC3)c2)c2ccccc12. The Bertz CT molecular complexity index is 1260. The summed E-state index contributed by atoms with van der Waals surface area (Å²) < 4.78 is 47.1. The molecule has 1 aromatic heterocycles. The fraction of sp³-hybridized carbons (Fsp3) is 0.364. The van der Waals surface area contributed by atoms with Gasteiger partial charge in [-0.1, -0.05) is 18.2 Å². The van der Waals surface area contributed by atoms with Crippen molar-refractivity contribution < 1.29 is 17.5 Å². The first kappa shape index (κ1) is 22.4. The van der Waals surface area contributed by atoms with Crippen molar-refractivity contribution in [1.29, 1.82) is 0 Å². The van der Waals surface area contributed by atoms with Gasteiger partial charge in [-0.25, -0.2) is 17.9 Å². The summed E-state index contributed by atoms with van der Waals surface area (Å²) >= 11 is 0. The lowest BCUT2D eigenvalue weighted by Crippen LogP contribution is -2.37. The fourth-order valence-electron chi connectivity index (χ4n) is 3.76. The molecule has 2 aromatic carbocycles. The van der Waals surface area contributed by atoms with Crippen LogP contribution in [-0.2, 0) is 14.8 Å². The predicted octanol–water partition coefficient (Wildman–Crippen LogP) is 2.58. The molecule has 4 rings (SSSR count). The molecule has 1 saturated heterocycles. The van der Waals surface area contributed by atoms with Crippen molar-refractivity contribution in [2.45, 2.75) is 12.8 Å². The number of morpholine rings is 1. The lowest BCUT2D eigenvalue weighted by atomic mass is 10.0. The van der Waals surface area contributed by atoms with Crippen LogP contribution in [0.1, 0.15) is 12.8 Å². The largest absolute Gasteiger partial charge is 0.379 e. The number of hydrogen-bond acceptors (Lipinski definition) is 6. The standard InChI is InChI=1S/C22H25FN4O4S/c23-19-8-7-16(21-17-5-1-2-6-18(17)22(28)25-24-21)15-20(19)26-32(29,30)14-4-3-9-27-10-12-31-13-11-27/h1-2,5-8,15,26H,3-4,9-14H2,(H,25,28). The molecule has 10 heteroatoms. The van der Waals surface area contributed by atoms with Gasteiger partial charge >= 0.3 is 0 Å². The average Bonchev–Trinajstić information content (AvgIpc) is 2.79. The van der Waals surface area contributed by atoms with E-state index in [2.05, 4.69) is 19.8 Å². The van der Waals surface area contributed by atoms with Gasteiger partial charge in [0, 0.05) is 24.0 Å². The predicted molar refractivity (Wildman–Crippen MR) is 122 cm³/mol. The lowest BCUT2D eigenvalue weighted by molar-refractivity contribution is 0.0373.